The van der Waals surface area contributed by atoms with E-state index >= 15 is 0 Å². The Morgan fingerprint density at radius 3 is 2.10 bits per heavy atom. The number of ketones is 1. The zero-order chi connectivity index (χ0) is 14.4. The lowest BCUT2D eigenvalue weighted by atomic mass is 9.74. The molecule has 0 radical (unpaired) electrons. The van der Waals surface area contributed by atoms with Crippen LogP contribution in [0, 0.1) is 0 Å². The first-order valence-corrected chi connectivity index (χ1v) is 7.27. The van der Waals surface area contributed by atoms with E-state index in [2.05, 4.69) is 42.3 Å². The van der Waals surface area contributed by atoms with Crippen molar-refractivity contribution in [3.8, 4) is 0 Å². The van der Waals surface area contributed by atoms with Gasteiger partial charge in [0.05, 0.1) is 0 Å². The Labute approximate surface area is 121 Å². The monoisotopic (exact) mass is 269 g/mol. The third-order valence-electron chi connectivity index (χ3n) is 4.25. The maximum atomic E-state index is 11.7. The lowest BCUT2D eigenvalue weighted by molar-refractivity contribution is -0.123. The Morgan fingerprint density at radius 2 is 1.60 bits per heavy atom. The molecular formula is C18H23NO. The van der Waals surface area contributed by atoms with E-state index in [-0.39, 0.29) is 5.54 Å². The lowest BCUT2D eigenvalue weighted by Crippen LogP contribution is -2.48. The molecule has 0 heterocycles. The molecule has 1 saturated carbocycles. The first-order valence-electron chi connectivity index (χ1n) is 7.27. The maximum absolute atomic E-state index is 11.7. The van der Waals surface area contributed by atoms with Crippen LogP contribution in [0.4, 0.5) is 0 Å². The Kier molecular flexibility index (Phi) is 4.91. The van der Waals surface area contributed by atoms with Crippen LogP contribution in [0.1, 0.15) is 31.2 Å². The van der Waals surface area contributed by atoms with Gasteiger partial charge in [-0.2, -0.15) is 0 Å². The van der Waals surface area contributed by atoms with E-state index in [1.807, 2.05) is 18.2 Å². The van der Waals surface area contributed by atoms with Crippen molar-refractivity contribution in [3.63, 3.8) is 0 Å². The number of hydrogen-bond donors (Lipinski definition) is 0. The van der Waals surface area contributed by atoms with Crippen LogP contribution in [0.5, 0.6) is 0 Å². The molecule has 1 aromatic rings. The number of rotatable bonds is 6. The van der Waals surface area contributed by atoms with Gasteiger partial charge in [-0.25, -0.2) is 0 Å². The molecule has 1 fully saturated rings. The molecule has 0 amide bonds. The molecule has 0 unspecified atom stereocenters. The smallest absolute Gasteiger partial charge is 0.133 e. The van der Waals surface area contributed by atoms with Crippen LogP contribution in [-0.4, -0.2) is 23.8 Å². The summed E-state index contributed by atoms with van der Waals surface area (Å²) in [6.07, 6.45) is 6.98. The van der Waals surface area contributed by atoms with Crippen molar-refractivity contribution in [3.05, 3.63) is 61.2 Å². The van der Waals surface area contributed by atoms with E-state index in [1.165, 1.54) is 5.56 Å². The molecule has 1 aromatic carbocycles. The van der Waals surface area contributed by atoms with Crippen LogP contribution < -0.4 is 0 Å². The molecule has 0 atom stereocenters. The topological polar surface area (TPSA) is 20.3 Å². The fraction of sp³-hybridized carbons (Fsp3) is 0.389. The average Bonchev–Trinajstić information content (AvgIpc) is 2.49. The second kappa shape index (κ2) is 6.67. The quantitative estimate of drug-likeness (QED) is 0.734. The normalized spacial score (nSPS) is 17.9. The van der Waals surface area contributed by atoms with Crippen molar-refractivity contribution in [1.29, 1.82) is 0 Å². The summed E-state index contributed by atoms with van der Waals surface area (Å²) in [4.78, 5) is 14.1. The Hall–Kier alpha value is -1.67. The highest BCUT2D eigenvalue weighted by Crippen LogP contribution is 2.41. The van der Waals surface area contributed by atoms with Gasteiger partial charge in [0.2, 0.25) is 0 Å². The molecule has 1 aliphatic carbocycles. The van der Waals surface area contributed by atoms with Crippen molar-refractivity contribution in [2.75, 3.05) is 13.1 Å². The third-order valence-corrected chi connectivity index (χ3v) is 4.25. The molecule has 0 bridgehead atoms. The molecule has 1 aliphatic rings. The van der Waals surface area contributed by atoms with Gasteiger partial charge in [0, 0.05) is 31.5 Å². The number of hydrogen-bond acceptors (Lipinski definition) is 2. The van der Waals surface area contributed by atoms with Gasteiger partial charge in [-0.1, -0.05) is 42.5 Å². The van der Waals surface area contributed by atoms with Crippen molar-refractivity contribution in [2.45, 2.75) is 31.2 Å². The summed E-state index contributed by atoms with van der Waals surface area (Å²) in [5.41, 5.74) is 1.24. The van der Waals surface area contributed by atoms with Crippen molar-refractivity contribution in [1.82, 2.24) is 4.90 Å². The van der Waals surface area contributed by atoms with E-state index in [9.17, 15) is 4.79 Å². The number of carbonyl (C=O) groups is 1. The Bertz CT molecular complexity index is 457. The predicted octanol–water partition coefficient (Wildman–Crippen LogP) is 3.70. The molecule has 20 heavy (non-hydrogen) atoms. The van der Waals surface area contributed by atoms with E-state index in [1.54, 1.807) is 0 Å². The van der Waals surface area contributed by atoms with Gasteiger partial charge < -0.3 is 0 Å². The third kappa shape index (κ3) is 2.91. The van der Waals surface area contributed by atoms with Gasteiger partial charge in [-0.3, -0.25) is 9.69 Å². The molecule has 2 rings (SSSR count). The van der Waals surface area contributed by atoms with Crippen LogP contribution in [0.3, 0.4) is 0 Å². The predicted molar refractivity (Wildman–Crippen MR) is 83.6 cm³/mol. The zero-order valence-corrected chi connectivity index (χ0v) is 12.1. The number of benzene rings is 1. The van der Waals surface area contributed by atoms with Gasteiger partial charge in [0.25, 0.3) is 0 Å². The molecular weight excluding hydrogens is 246 g/mol. The van der Waals surface area contributed by atoms with Gasteiger partial charge in [-0.15, -0.1) is 13.2 Å². The van der Waals surface area contributed by atoms with Gasteiger partial charge in [-0.05, 0) is 18.4 Å². The second-order valence-corrected chi connectivity index (χ2v) is 5.42. The fourth-order valence-electron chi connectivity index (χ4n) is 3.21. The number of Topliss-reactive ketones (excluding diaryl/α,β-unsaturated/α-hetero) is 1. The highest BCUT2D eigenvalue weighted by molar-refractivity contribution is 5.79. The standard InChI is InChI=1S/C18H23NO/c1-3-14-19(15-4-2)18(12-10-17(20)11-13-18)16-8-6-5-7-9-16/h3-9H,1-2,10-15H2. The molecule has 0 N–H and O–H groups in total. The van der Waals surface area contributed by atoms with E-state index < -0.39 is 0 Å². The van der Waals surface area contributed by atoms with Crippen LogP contribution >= 0.6 is 0 Å². The summed E-state index contributed by atoms with van der Waals surface area (Å²) in [6.45, 7) is 9.38. The van der Waals surface area contributed by atoms with Crippen LogP contribution in [0.2, 0.25) is 0 Å². The van der Waals surface area contributed by atoms with E-state index in [0.29, 0.717) is 18.6 Å². The molecule has 0 saturated heterocycles. The largest absolute Gasteiger partial charge is 0.300 e. The molecule has 2 nitrogen and oxygen atoms in total. The SMILES string of the molecule is C=CCN(CC=C)C1(c2ccccc2)CCC(=O)CC1. The summed E-state index contributed by atoms with van der Waals surface area (Å²) in [5.74, 6) is 0.383. The molecule has 2 heteroatoms. The summed E-state index contributed by atoms with van der Waals surface area (Å²) in [7, 11) is 0. The minimum Gasteiger partial charge on any atom is -0.300 e. The van der Waals surface area contributed by atoms with Crippen molar-refractivity contribution in [2.24, 2.45) is 0 Å². The Morgan fingerprint density at radius 1 is 1.05 bits per heavy atom. The average molecular weight is 269 g/mol. The second-order valence-electron chi connectivity index (χ2n) is 5.42. The van der Waals surface area contributed by atoms with Crippen molar-refractivity contribution >= 4 is 5.78 Å². The Balaban J connectivity index is 2.39. The van der Waals surface area contributed by atoms with Gasteiger partial charge in [0.15, 0.2) is 0 Å². The van der Waals surface area contributed by atoms with E-state index in [0.717, 1.165) is 25.9 Å². The molecule has 0 aliphatic heterocycles. The molecule has 106 valence electrons. The highest BCUT2D eigenvalue weighted by atomic mass is 16.1. The van der Waals surface area contributed by atoms with E-state index in [4.69, 9.17) is 0 Å². The maximum Gasteiger partial charge on any atom is 0.133 e. The highest BCUT2D eigenvalue weighted by Gasteiger charge is 2.40. The fourth-order valence-corrected chi connectivity index (χ4v) is 3.21. The zero-order valence-electron chi connectivity index (χ0n) is 12.1. The minimum absolute atomic E-state index is 0.0580. The number of nitrogens with zero attached hydrogens (tertiary/aromatic N) is 1. The molecule has 0 aromatic heterocycles. The summed E-state index contributed by atoms with van der Waals surface area (Å²) in [6, 6.07) is 10.5. The molecule has 0 spiro atoms. The van der Waals surface area contributed by atoms with Gasteiger partial charge >= 0.3 is 0 Å². The minimum atomic E-state index is -0.0580. The number of carbonyl (C=O) groups excluding carboxylic acids is 1. The van der Waals surface area contributed by atoms with Crippen molar-refractivity contribution < 1.29 is 4.79 Å². The van der Waals surface area contributed by atoms with Gasteiger partial charge in [0.1, 0.15) is 5.78 Å². The first-order chi connectivity index (χ1) is 9.73. The lowest BCUT2D eigenvalue weighted by Gasteiger charge is -2.46. The van der Waals surface area contributed by atoms with Crippen LogP contribution in [0.25, 0.3) is 0 Å². The van der Waals surface area contributed by atoms with Crippen LogP contribution in [0.15, 0.2) is 55.6 Å². The summed E-state index contributed by atoms with van der Waals surface area (Å²) in [5, 5.41) is 0. The summed E-state index contributed by atoms with van der Waals surface area (Å²) >= 11 is 0. The first kappa shape index (κ1) is 14.7. The summed E-state index contributed by atoms with van der Waals surface area (Å²) < 4.78 is 0. The van der Waals surface area contributed by atoms with Crippen LogP contribution in [-0.2, 0) is 10.3 Å².